The van der Waals surface area contributed by atoms with Crippen molar-refractivity contribution in [1.82, 2.24) is 4.98 Å². The number of nitrogens with zero attached hydrogens (tertiary/aromatic N) is 1. The summed E-state index contributed by atoms with van der Waals surface area (Å²) in [4.78, 5) is 5.05. The van der Waals surface area contributed by atoms with E-state index in [9.17, 15) is 0 Å². The van der Waals surface area contributed by atoms with Gasteiger partial charge in [0.2, 0.25) is 0 Å². The predicted molar refractivity (Wildman–Crippen MR) is 55.9 cm³/mol. The lowest BCUT2D eigenvalue weighted by atomic mass is 10.1. The molecule has 1 saturated carbocycles. The molecule has 1 fully saturated rings. The van der Waals surface area contributed by atoms with Crippen molar-refractivity contribution in [3.8, 4) is 0 Å². The fourth-order valence-corrected chi connectivity index (χ4v) is 3.29. The van der Waals surface area contributed by atoms with Crippen LogP contribution in [0.1, 0.15) is 24.3 Å². The lowest BCUT2D eigenvalue weighted by Crippen LogP contribution is -2.09. The van der Waals surface area contributed by atoms with E-state index in [-0.39, 0.29) is 0 Å². The zero-order chi connectivity index (χ0) is 8.39. The van der Waals surface area contributed by atoms with Crippen molar-refractivity contribution in [2.75, 3.05) is 0 Å². The maximum Gasteiger partial charge on any atom is 0.0927 e. The van der Waals surface area contributed by atoms with Crippen molar-refractivity contribution in [3.63, 3.8) is 0 Å². The number of thiazole rings is 1. The highest BCUT2D eigenvalue weighted by Gasteiger charge is 2.25. The Kier molecular flexibility index (Phi) is 2.81. The van der Waals surface area contributed by atoms with Crippen LogP contribution in [0.25, 0.3) is 0 Å². The maximum atomic E-state index is 4.31. The molecule has 0 amide bonds. The Morgan fingerprint density at radius 3 is 3.08 bits per heavy atom. The van der Waals surface area contributed by atoms with Crippen LogP contribution in [0, 0.1) is 5.92 Å². The molecule has 2 unspecified atom stereocenters. The van der Waals surface area contributed by atoms with Crippen molar-refractivity contribution in [2.24, 2.45) is 5.92 Å². The van der Waals surface area contributed by atoms with Gasteiger partial charge in [-0.15, -0.1) is 11.3 Å². The Hall–Kier alpha value is 0.110. The lowest BCUT2D eigenvalue weighted by molar-refractivity contribution is 0.561. The molecule has 0 aromatic carbocycles. The smallest absolute Gasteiger partial charge is 0.0927 e. The number of rotatable bonds is 2. The first-order chi connectivity index (χ1) is 5.86. The molecule has 2 rings (SSSR count). The van der Waals surface area contributed by atoms with Crippen LogP contribution in [-0.2, 0) is 6.42 Å². The van der Waals surface area contributed by atoms with Crippen molar-refractivity contribution < 1.29 is 0 Å². The fraction of sp³-hybridized carbons (Fsp3) is 0.667. The van der Waals surface area contributed by atoms with Gasteiger partial charge in [-0.05, 0) is 18.8 Å². The average Bonchev–Trinajstić information content (AvgIpc) is 2.65. The summed E-state index contributed by atoms with van der Waals surface area (Å²) in [5.74, 6) is 0.830. The third kappa shape index (κ3) is 1.88. The first-order valence-electron chi connectivity index (χ1n) is 4.38. The third-order valence-corrected chi connectivity index (χ3v) is 4.49. The quantitative estimate of drug-likeness (QED) is 0.730. The Balaban J connectivity index is 1.95. The van der Waals surface area contributed by atoms with Crippen molar-refractivity contribution in [2.45, 2.75) is 30.5 Å². The second-order valence-corrected chi connectivity index (χ2v) is 5.49. The van der Waals surface area contributed by atoms with E-state index in [1.165, 1.54) is 30.7 Å². The van der Waals surface area contributed by atoms with E-state index in [1.54, 1.807) is 11.3 Å². The lowest BCUT2D eigenvalue weighted by Gasteiger charge is -2.10. The number of alkyl halides is 1. The zero-order valence-corrected chi connectivity index (χ0v) is 9.27. The second-order valence-electron chi connectivity index (χ2n) is 3.34. The van der Waals surface area contributed by atoms with Gasteiger partial charge in [0.1, 0.15) is 0 Å². The third-order valence-electron chi connectivity index (χ3n) is 2.49. The molecule has 0 bridgehead atoms. The van der Waals surface area contributed by atoms with Crippen molar-refractivity contribution in [3.05, 3.63) is 16.6 Å². The molecule has 0 N–H and O–H groups in total. The molecule has 12 heavy (non-hydrogen) atoms. The van der Waals surface area contributed by atoms with E-state index in [1.807, 2.05) is 6.20 Å². The van der Waals surface area contributed by atoms with E-state index >= 15 is 0 Å². The second kappa shape index (κ2) is 3.88. The minimum Gasteiger partial charge on any atom is -0.250 e. The van der Waals surface area contributed by atoms with Crippen LogP contribution in [0.4, 0.5) is 0 Å². The van der Waals surface area contributed by atoms with Gasteiger partial charge in [-0.25, -0.2) is 4.98 Å². The van der Waals surface area contributed by atoms with E-state index in [0.717, 1.165) is 10.7 Å². The molecule has 1 aliphatic rings. The van der Waals surface area contributed by atoms with E-state index in [4.69, 9.17) is 0 Å². The molecule has 0 saturated heterocycles. The molecule has 0 radical (unpaired) electrons. The van der Waals surface area contributed by atoms with Gasteiger partial charge in [-0.3, -0.25) is 0 Å². The number of hydrogen-bond acceptors (Lipinski definition) is 2. The highest BCUT2D eigenvalue weighted by atomic mass is 79.9. The minimum atomic E-state index is 0.737. The normalized spacial score (nSPS) is 29.4. The summed E-state index contributed by atoms with van der Waals surface area (Å²) in [5, 5.41) is 3.36. The largest absolute Gasteiger partial charge is 0.250 e. The molecular formula is C9H12BrNS. The highest BCUT2D eigenvalue weighted by Crippen LogP contribution is 2.34. The Morgan fingerprint density at radius 2 is 2.50 bits per heavy atom. The summed E-state index contributed by atoms with van der Waals surface area (Å²) in [6, 6.07) is 0. The van der Waals surface area contributed by atoms with E-state index < -0.39 is 0 Å². The predicted octanol–water partition coefficient (Wildman–Crippen LogP) is 3.25. The Morgan fingerprint density at radius 1 is 1.58 bits per heavy atom. The van der Waals surface area contributed by atoms with Gasteiger partial charge >= 0.3 is 0 Å². The highest BCUT2D eigenvalue weighted by molar-refractivity contribution is 9.09. The van der Waals surface area contributed by atoms with Crippen LogP contribution < -0.4 is 0 Å². The van der Waals surface area contributed by atoms with Crippen LogP contribution in [-0.4, -0.2) is 9.81 Å². The first-order valence-corrected chi connectivity index (χ1v) is 6.18. The van der Waals surface area contributed by atoms with Crippen LogP contribution in [0.15, 0.2) is 11.6 Å². The monoisotopic (exact) mass is 245 g/mol. The summed E-state index contributed by atoms with van der Waals surface area (Å²) in [7, 11) is 0. The van der Waals surface area contributed by atoms with Crippen molar-refractivity contribution in [1.29, 1.82) is 0 Å². The molecule has 1 aliphatic carbocycles. The van der Waals surface area contributed by atoms with Gasteiger partial charge < -0.3 is 0 Å². The Bertz CT molecular complexity index is 235. The molecule has 0 aliphatic heterocycles. The van der Waals surface area contributed by atoms with Crippen molar-refractivity contribution >= 4 is 27.3 Å². The molecule has 3 heteroatoms. The van der Waals surface area contributed by atoms with Gasteiger partial charge in [0.25, 0.3) is 0 Å². The Labute approximate surface area is 85.3 Å². The summed E-state index contributed by atoms with van der Waals surface area (Å²) < 4.78 is 0. The summed E-state index contributed by atoms with van der Waals surface area (Å²) in [5.41, 5.74) is 0. The molecule has 0 spiro atoms. The molecule has 1 aromatic heterocycles. The van der Waals surface area contributed by atoms with Gasteiger partial charge in [0.05, 0.1) is 5.01 Å². The SMILES string of the molecule is BrC1CCCC1Cc1nccs1. The van der Waals surface area contributed by atoms with Gasteiger partial charge in [0, 0.05) is 22.8 Å². The fourth-order valence-electron chi connectivity index (χ4n) is 1.80. The zero-order valence-electron chi connectivity index (χ0n) is 6.87. The van der Waals surface area contributed by atoms with E-state index in [2.05, 4.69) is 26.3 Å². The minimum absolute atomic E-state index is 0.737. The standard InChI is InChI=1S/C9H12BrNS/c10-8-3-1-2-7(8)6-9-11-4-5-12-9/h4-5,7-8H,1-3,6H2. The van der Waals surface area contributed by atoms with Gasteiger partial charge in [0.15, 0.2) is 0 Å². The average molecular weight is 246 g/mol. The van der Waals surface area contributed by atoms with Crippen LogP contribution in [0.5, 0.6) is 0 Å². The van der Waals surface area contributed by atoms with Crippen LogP contribution in [0.3, 0.4) is 0 Å². The molecule has 66 valence electrons. The number of hydrogen-bond donors (Lipinski definition) is 0. The summed E-state index contributed by atoms with van der Waals surface area (Å²) in [6.45, 7) is 0. The first kappa shape index (κ1) is 8.70. The summed E-state index contributed by atoms with van der Waals surface area (Å²) in [6.07, 6.45) is 7.17. The number of aromatic nitrogens is 1. The number of halogens is 1. The topological polar surface area (TPSA) is 12.9 Å². The van der Waals surface area contributed by atoms with Crippen LogP contribution >= 0.6 is 27.3 Å². The molecule has 1 nitrogen and oxygen atoms in total. The van der Waals surface area contributed by atoms with E-state index in [0.29, 0.717) is 0 Å². The molecule has 2 atom stereocenters. The van der Waals surface area contributed by atoms with Gasteiger partial charge in [-0.2, -0.15) is 0 Å². The molecule has 1 heterocycles. The molecular weight excluding hydrogens is 234 g/mol. The molecule has 1 aromatic rings. The van der Waals surface area contributed by atoms with Crippen LogP contribution in [0.2, 0.25) is 0 Å². The van der Waals surface area contributed by atoms with Gasteiger partial charge in [-0.1, -0.05) is 22.4 Å². The summed E-state index contributed by atoms with van der Waals surface area (Å²) >= 11 is 5.51. The maximum absolute atomic E-state index is 4.31.